The lowest BCUT2D eigenvalue weighted by Gasteiger charge is -2.42. The van der Waals surface area contributed by atoms with Crippen molar-refractivity contribution < 1.29 is 14.6 Å². The van der Waals surface area contributed by atoms with E-state index in [0.717, 1.165) is 10.9 Å². The van der Waals surface area contributed by atoms with Gasteiger partial charge in [-0.05, 0) is 38.1 Å². The minimum Gasteiger partial charge on any atom is -0.485 e. The zero-order chi connectivity index (χ0) is 19.2. The number of amides is 1. The van der Waals surface area contributed by atoms with Crippen molar-refractivity contribution in [1.82, 2.24) is 10.3 Å². The quantitative estimate of drug-likeness (QED) is 0.653. The molecule has 1 aliphatic rings. The maximum Gasteiger partial charge on any atom is 0.254 e. The largest absolute Gasteiger partial charge is 0.485 e. The van der Waals surface area contributed by atoms with E-state index in [1.165, 1.54) is 0 Å². The maximum absolute atomic E-state index is 13.0. The van der Waals surface area contributed by atoms with E-state index in [1.807, 2.05) is 24.3 Å². The van der Waals surface area contributed by atoms with E-state index in [-0.39, 0.29) is 5.91 Å². The highest BCUT2D eigenvalue weighted by molar-refractivity contribution is 6.06. The Labute approximate surface area is 156 Å². The van der Waals surface area contributed by atoms with Gasteiger partial charge >= 0.3 is 0 Å². The summed E-state index contributed by atoms with van der Waals surface area (Å²) in [6.45, 7) is 3.54. The first-order valence-corrected chi connectivity index (χ1v) is 8.69. The van der Waals surface area contributed by atoms with Crippen LogP contribution in [0.1, 0.15) is 41.4 Å². The smallest absolute Gasteiger partial charge is 0.254 e. The SMILES string of the molecule is CC1(C)Oc2ccc(C#N)cc2[C@@H](NC(=O)c2c[nH]c3ccccc23)[C@@H]1O. The van der Waals surface area contributed by atoms with Crippen LogP contribution < -0.4 is 10.1 Å². The summed E-state index contributed by atoms with van der Waals surface area (Å²) in [5.74, 6) is 0.246. The highest BCUT2D eigenvalue weighted by Crippen LogP contribution is 2.40. The van der Waals surface area contributed by atoms with Gasteiger partial charge in [-0.1, -0.05) is 18.2 Å². The van der Waals surface area contributed by atoms with Crippen molar-refractivity contribution in [2.75, 3.05) is 0 Å². The van der Waals surface area contributed by atoms with Crippen molar-refractivity contribution in [3.63, 3.8) is 0 Å². The van der Waals surface area contributed by atoms with E-state index in [1.54, 1.807) is 38.2 Å². The topological polar surface area (TPSA) is 98.1 Å². The second-order valence-corrected chi connectivity index (χ2v) is 7.21. The van der Waals surface area contributed by atoms with E-state index < -0.39 is 17.7 Å². The number of nitrogens with one attached hydrogen (secondary N) is 2. The minimum atomic E-state index is -0.979. The zero-order valence-corrected chi connectivity index (χ0v) is 15.0. The maximum atomic E-state index is 13.0. The standard InChI is InChI=1S/C21H19N3O3/c1-21(2)19(25)18(14-9-12(10-22)7-8-17(14)27-21)24-20(26)15-11-23-16-6-4-3-5-13(15)16/h3-9,11,18-19,23,25H,1-2H3,(H,24,26)/t18-,19+/m1/s1. The Morgan fingerprint density at radius 2 is 2.07 bits per heavy atom. The van der Waals surface area contributed by atoms with Gasteiger partial charge in [0.1, 0.15) is 17.5 Å². The number of carbonyl (C=O) groups is 1. The van der Waals surface area contributed by atoms with Crippen LogP contribution >= 0.6 is 0 Å². The number of aromatic amines is 1. The van der Waals surface area contributed by atoms with Gasteiger partial charge in [-0.3, -0.25) is 4.79 Å². The molecule has 2 heterocycles. The van der Waals surface area contributed by atoms with Crippen molar-refractivity contribution in [1.29, 1.82) is 5.26 Å². The van der Waals surface area contributed by atoms with Gasteiger partial charge in [0, 0.05) is 22.7 Å². The number of para-hydroxylation sites is 1. The summed E-state index contributed by atoms with van der Waals surface area (Å²) in [6.07, 6.45) is 0.678. The predicted molar refractivity (Wildman–Crippen MR) is 100 cm³/mol. The van der Waals surface area contributed by atoms with Gasteiger partial charge in [0.15, 0.2) is 0 Å². The van der Waals surface area contributed by atoms with Crippen molar-refractivity contribution in [3.05, 3.63) is 65.4 Å². The Bertz CT molecular complexity index is 1080. The highest BCUT2D eigenvalue weighted by atomic mass is 16.5. The van der Waals surface area contributed by atoms with Crippen LogP contribution in [-0.2, 0) is 0 Å². The van der Waals surface area contributed by atoms with Crippen LogP contribution in [0.2, 0.25) is 0 Å². The molecule has 0 aliphatic carbocycles. The number of H-pyrrole nitrogens is 1. The number of aliphatic hydroxyl groups is 1. The third-order valence-corrected chi connectivity index (χ3v) is 5.00. The lowest BCUT2D eigenvalue weighted by molar-refractivity contribution is -0.0627. The van der Waals surface area contributed by atoms with E-state index in [0.29, 0.717) is 22.4 Å². The summed E-state index contributed by atoms with van der Waals surface area (Å²) in [5.41, 5.74) is 1.51. The van der Waals surface area contributed by atoms with Crippen molar-refractivity contribution in [2.24, 2.45) is 0 Å². The average molecular weight is 361 g/mol. The van der Waals surface area contributed by atoms with Crippen molar-refractivity contribution in [3.8, 4) is 11.8 Å². The molecule has 3 N–H and O–H groups in total. The molecule has 3 aromatic rings. The van der Waals surface area contributed by atoms with Crippen LogP contribution in [-0.4, -0.2) is 27.7 Å². The number of hydrogen-bond donors (Lipinski definition) is 3. The van der Waals surface area contributed by atoms with E-state index >= 15 is 0 Å². The van der Waals surface area contributed by atoms with Gasteiger partial charge < -0.3 is 20.1 Å². The summed E-state index contributed by atoms with van der Waals surface area (Å²) >= 11 is 0. The van der Waals surface area contributed by atoms with E-state index in [2.05, 4.69) is 16.4 Å². The molecular formula is C21H19N3O3. The molecule has 0 radical (unpaired) electrons. The molecule has 136 valence electrons. The lowest BCUT2D eigenvalue weighted by atomic mass is 9.85. The van der Waals surface area contributed by atoms with Crippen molar-refractivity contribution >= 4 is 16.8 Å². The molecule has 2 atom stereocenters. The number of benzene rings is 2. The number of hydrogen-bond acceptors (Lipinski definition) is 4. The second-order valence-electron chi connectivity index (χ2n) is 7.21. The Hall–Kier alpha value is -3.30. The Morgan fingerprint density at radius 1 is 1.30 bits per heavy atom. The molecule has 6 heteroatoms. The van der Waals surface area contributed by atoms with E-state index in [9.17, 15) is 15.2 Å². The molecule has 1 aromatic heterocycles. The molecule has 0 spiro atoms. The zero-order valence-electron chi connectivity index (χ0n) is 15.0. The summed E-state index contributed by atoms with van der Waals surface area (Å²) in [7, 11) is 0. The summed E-state index contributed by atoms with van der Waals surface area (Å²) in [4.78, 5) is 16.0. The number of nitrogens with zero attached hydrogens (tertiary/aromatic N) is 1. The van der Waals surface area contributed by atoms with Gasteiger partial charge in [-0.15, -0.1) is 0 Å². The number of rotatable bonds is 2. The van der Waals surface area contributed by atoms with Crippen LogP contribution in [0.15, 0.2) is 48.7 Å². The van der Waals surface area contributed by atoms with Crippen LogP contribution in [0.3, 0.4) is 0 Å². The Morgan fingerprint density at radius 3 is 2.85 bits per heavy atom. The fourth-order valence-electron chi connectivity index (χ4n) is 3.50. The molecule has 0 saturated heterocycles. The monoisotopic (exact) mass is 361 g/mol. The third kappa shape index (κ3) is 2.82. The number of aromatic nitrogens is 1. The fourth-order valence-corrected chi connectivity index (χ4v) is 3.50. The first-order chi connectivity index (χ1) is 12.9. The highest BCUT2D eigenvalue weighted by Gasteiger charge is 2.43. The number of aliphatic hydroxyl groups excluding tert-OH is 1. The number of fused-ring (bicyclic) bond motifs is 2. The Kier molecular flexibility index (Phi) is 3.90. The molecule has 0 fully saturated rings. The molecule has 2 aromatic carbocycles. The average Bonchev–Trinajstić information content (AvgIpc) is 3.09. The fraction of sp³-hybridized carbons (Fsp3) is 0.238. The molecule has 4 rings (SSSR count). The number of nitriles is 1. The van der Waals surface area contributed by atoms with Crippen LogP contribution in [0, 0.1) is 11.3 Å². The molecular weight excluding hydrogens is 342 g/mol. The number of carbonyl (C=O) groups excluding carboxylic acids is 1. The van der Waals surface area contributed by atoms with Crippen LogP contribution in [0.5, 0.6) is 5.75 Å². The molecule has 1 amide bonds. The van der Waals surface area contributed by atoms with Gasteiger partial charge in [0.05, 0.1) is 23.2 Å². The lowest BCUT2D eigenvalue weighted by Crippen LogP contribution is -2.53. The third-order valence-electron chi connectivity index (χ3n) is 5.00. The minimum absolute atomic E-state index is 0.303. The summed E-state index contributed by atoms with van der Waals surface area (Å²) in [6, 6.07) is 13.9. The predicted octanol–water partition coefficient (Wildman–Crippen LogP) is 3.04. The molecule has 0 saturated carbocycles. The molecule has 27 heavy (non-hydrogen) atoms. The second kappa shape index (κ2) is 6.15. The number of ether oxygens (including phenoxy) is 1. The van der Waals surface area contributed by atoms with Gasteiger partial charge in [0.25, 0.3) is 5.91 Å². The van der Waals surface area contributed by atoms with Crippen molar-refractivity contribution in [2.45, 2.75) is 31.6 Å². The molecule has 1 aliphatic heterocycles. The summed E-state index contributed by atoms with van der Waals surface area (Å²) in [5, 5.41) is 23.8. The molecule has 0 bridgehead atoms. The van der Waals surface area contributed by atoms with E-state index in [4.69, 9.17) is 4.74 Å². The first kappa shape index (κ1) is 17.1. The first-order valence-electron chi connectivity index (χ1n) is 8.69. The normalized spacial score (nSPS) is 20.4. The molecule has 6 nitrogen and oxygen atoms in total. The van der Waals surface area contributed by atoms with Gasteiger partial charge in [0.2, 0.25) is 0 Å². The van der Waals surface area contributed by atoms with Crippen LogP contribution in [0.4, 0.5) is 0 Å². The van der Waals surface area contributed by atoms with Gasteiger partial charge in [-0.2, -0.15) is 5.26 Å². The summed E-state index contributed by atoms with van der Waals surface area (Å²) < 4.78 is 5.89. The Balaban J connectivity index is 1.74. The molecule has 0 unspecified atom stereocenters. The van der Waals surface area contributed by atoms with Gasteiger partial charge in [-0.25, -0.2) is 0 Å². The van der Waals surface area contributed by atoms with Crippen LogP contribution in [0.25, 0.3) is 10.9 Å².